The van der Waals surface area contributed by atoms with E-state index >= 15 is 0 Å². The highest BCUT2D eigenvalue weighted by molar-refractivity contribution is 5.92. The van der Waals surface area contributed by atoms with Gasteiger partial charge in [0.25, 0.3) is 5.88 Å². The van der Waals surface area contributed by atoms with Crippen LogP contribution >= 0.6 is 0 Å². The summed E-state index contributed by atoms with van der Waals surface area (Å²) < 4.78 is 7.51. The molecule has 0 saturated carbocycles. The molecular weight excluding hydrogens is 294 g/mol. The van der Waals surface area contributed by atoms with Crippen LogP contribution < -0.4 is 4.74 Å². The summed E-state index contributed by atoms with van der Waals surface area (Å²) >= 11 is 0. The molecule has 0 aliphatic carbocycles. The van der Waals surface area contributed by atoms with Crippen LogP contribution in [0.25, 0.3) is 16.9 Å². The van der Waals surface area contributed by atoms with E-state index in [9.17, 15) is 4.79 Å². The van der Waals surface area contributed by atoms with Crippen LogP contribution in [-0.2, 0) is 0 Å². The van der Waals surface area contributed by atoms with E-state index in [2.05, 4.69) is 26.7 Å². The van der Waals surface area contributed by atoms with E-state index in [1.165, 1.54) is 6.92 Å². The Kier molecular flexibility index (Phi) is 4.09. The van der Waals surface area contributed by atoms with Crippen LogP contribution in [0.4, 0.5) is 0 Å². The molecule has 3 aromatic heterocycles. The zero-order chi connectivity index (χ0) is 16.2. The first-order valence-corrected chi connectivity index (χ1v) is 7.10. The van der Waals surface area contributed by atoms with Gasteiger partial charge in [0.15, 0.2) is 5.78 Å². The average molecular weight is 309 g/mol. The number of imidazole rings is 1. The van der Waals surface area contributed by atoms with Crippen LogP contribution in [0.3, 0.4) is 0 Å². The van der Waals surface area contributed by atoms with Crippen molar-refractivity contribution in [1.29, 1.82) is 0 Å². The monoisotopic (exact) mass is 309 g/mol. The van der Waals surface area contributed by atoms with Gasteiger partial charge >= 0.3 is 0 Å². The maximum atomic E-state index is 11.5. The van der Waals surface area contributed by atoms with Gasteiger partial charge in [0, 0.05) is 31.1 Å². The van der Waals surface area contributed by atoms with Crippen LogP contribution in [0, 0.1) is 0 Å². The Hall–Kier alpha value is -3.09. The molecule has 0 aromatic carbocycles. The van der Waals surface area contributed by atoms with Gasteiger partial charge in [-0.3, -0.25) is 4.79 Å². The lowest BCUT2D eigenvalue weighted by molar-refractivity contribution is 0.101. The summed E-state index contributed by atoms with van der Waals surface area (Å²) in [5, 5.41) is 7.68. The Morgan fingerprint density at radius 2 is 2.35 bits per heavy atom. The van der Waals surface area contributed by atoms with Gasteiger partial charge in [0.05, 0.1) is 18.5 Å². The number of hydrogen-bond acceptors (Lipinski definition) is 6. The fourth-order valence-electron chi connectivity index (χ4n) is 2.06. The first-order chi connectivity index (χ1) is 11.2. The molecule has 0 bridgehead atoms. The molecule has 0 fully saturated rings. The predicted octanol–water partition coefficient (Wildman–Crippen LogP) is 2.34. The van der Waals surface area contributed by atoms with Gasteiger partial charge in [0.1, 0.15) is 5.69 Å². The largest absolute Gasteiger partial charge is 0.475 e. The maximum absolute atomic E-state index is 11.5. The first-order valence-electron chi connectivity index (χ1n) is 7.10. The summed E-state index contributed by atoms with van der Waals surface area (Å²) in [6, 6.07) is 1.66. The number of carbonyl (C=O) groups is 1. The highest BCUT2D eigenvalue weighted by Crippen LogP contribution is 2.23. The van der Waals surface area contributed by atoms with Crippen molar-refractivity contribution in [3.8, 4) is 17.1 Å². The molecule has 0 amide bonds. The van der Waals surface area contributed by atoms with Crippen molar-refractivity contribution in [3.63, 3.8) is 0 Å². The van der Waals surface area contributed by atoms with Gasteiger partial charge in [-0.15, -0.1) is 11.7 Å². The van der Waals surface area contributed by atoms with Gasteiger partial charge in [0.2, 0.25) is 5.65 Å². The number of ether oxygens (including phenoxy) is 1. The Bertz CT molecular complexity index is 872. The predicted molar refractivity (Wildman–Crippen MR) is 84.3 cm³/mol. The van der Waals surface area contributed by atoms with Crippen LogP contribution in [0.5, 0.6) is 5.88 Å². The molecule has 23 heavy (non-hydrogen) atoms. The van der Waals surface area contributed by atoms with Crippen molar-refractivity contribution in [2.75, 3.05) is 6.61 Å². The lowest BCUT2D eigenvalue weighted by Crippen LogP contribution is -2.03. The molecule has 3 heterocycles. The molecule has 0 N–H and O–H groups in total. The molecule has 3 aromatic rings. The molecule has 0 unspecified atom stereocenters. The molecule has 0 spiro atoms. The molecule has 7 nitrogen and oxygen atoms in total. The average Bonchev–Trinajstić information content (AvgIpc) is 3.03. The topological polar surface area (TPSA) is 82.3 Å². The van der Waals surface area contributed by atoms with Crippen molar-refractivity contribution in [1.82, 2.24) is 24.6 Å². The molecule has 7 heteroatoms. The summed E-state index contributed by atoms with van der Waals surface area (Å²) in [6.45, 7) is 5.58. The Labute approximate surface area is 132 Å². The van der Waals surface area contributed by atoms with Gasteiger partial charge in [-0.1, -0.05) is 6.08 Å². The Balaban J connectivity index is 2.05. The lowest BCUT2D eigenvalue weighted by atomic mass is 10.2. The van der Waals surface area contributed by atoms with Gasteiger partial charge in [-0.05, 0) is 12.5 Å². The van der Waals surface area contributed by atoms with Gasteiger partial charge in [-0.2, -0.15) is 5.10 Å². The van der Waals surface area contributed by atoms with Crippen molar-refractivity contribution >= 4 is 11.4 Å². The van der Waals surface area contributed by atoms with E-state index in [1.807, 2.05) is 10.6 Å². The van der Waals surface area contributed by atoms with Crippen molar-refractivity contribution in [3.05, 3.63) is 49.2 Å². The molecule has 0 radical (unpaired) electrons. The molecule has 0 saturated heterocycles. The second-order valence-electron chi connectivity index (χ2n) is 4.90. The number of carbonyl (C=O) groups excluding carboxylic acids is 1. The summed E-state index contributed by atoms with van der Waals surface area (Å²) in [5.41, 5.74) is 2.24. The summed E-state index contributed by atoms with van der Waals surface area (Å²) in [6.07, 6.45) is 9.34. The summed E-state index contributed by atoms with van der Waals surface area (Å²) in [7, 11) is 0. The minimum atomic E-state index is -0.148. The van der Waals surface area contributed by atoms with Crippen LogP contribution in [0.1, 0.15) is 23.8 Å². The van der Waals surface area contributed by atoms with Crippen LogP contribution in [-0.4, -0.2) is 37.0 Å². The Morgan fingerprint density at radius 1 is 1.48 bits per heavy atom. The van der Waals surface area contributed by atoms with E-state index in [1.54, 1.807) is 30.7 Å². The van der Waals surface area contributed by atoms with Gasteiger partial charge in [-0.25, -0.2) is 9.97 Å². The quantitative estimate of drug-likeness (QED) is 0.395. The zero-order valence-electron chi connectivity index (χ0n) is 12.6. The molecule has 0 atom stereocenters. The molecule has 116 valence electrons. The number of ketones is 1. The van der Waals surface area contributed by atoms with Crippen molar-refractivity contribution < 1.29 is 9.53 Å². The van der Waals surface area contributed by atoms with Gasteiger partial charge < -0.3 is 9.14 Å². The maximum Gasteiger partial charge on any atom is 0.258 e. The fraction of sp³-hybridized carbons (Fsp3) is 0.188. The van der Waals surface area contributed by atoms with Crippen LogP contribution in [0.15, 0.2) is 43.5 Å². The third-order valence-corrected chi connectivity index (χ3v) is 3.22. The number of hydrogen-bond donors (Lipinski definition) is 0. The van der Waals surface area contributed by atoms with E-state index in [4.69, 9.17) is 4.74 Å². The standard InChI is InChI=1S/C16H15N5O2/c1-3-4-7-23-16-15-17-5-6-21(15)10-14(19-16)12-8-13(11(2)22)20-18-9-12/h3,5-6,8-10H,1,4,7H2,2H3. The second-order valence-corrected chi connectivity index (χ2v) is 4.90. The SMILES string of the molecule is C=CCCOc1nc(-c2cnnc(C(C)=O)c2)cn2ccnc12. The number of rotatable bonds is 6. The highest BCUT2D eigenvalue weighted by Gasteiger charge is 2.12. The van der Waals surface area contributed by atoms with E-state index < -0.39 is 0 Å². The highest BCUT2D eigenvalue weighted by atomic mass is 16.5. The molecule has 0 aliphatic rings. The number of Topliss-reactive ketones (excluding diaryl/α,β-unsaturated/α-hetero) is 1. The zero-order valence-corrected chi connectivity index (χ0v) is 12.6. The molecule has 3 rings (SSSR count). The van der Waals surface area contributed by atoms with Crippen molar-refractivity contribution in [2.45, 2.75) is 13.3 Å². The fourth-order valence-corrected chi connectivity index (χ4v) is 2.06. The first kappa shape index (κ1) is 14.8. The van der Waals surface area contributed by atoms with Crippen molar-refractivity contribution in [2.24, 2.45) is 0 Å². The van der Waals surface area contributed by atoms with E-state index in [-0.39, 0.29) is 5.78 Å². The second kappa shape index (κ2) is 6.35. The van der Waals surface area contributed by atoms with E-state index in [0.29, 0.717) is 41.5 Å². The normalized spacial score (nSPS) is 10.7. The minimum absolute atomic E-state index is 0.148. The summed E-state index contributed by atoms with van der Waals surface area (Å²) in [5.74, 6) is 0.279. The lowest BCUT2D eigenvalue weighted by Gasteiger charge is -2.08. The third kappa shape index (κ3) is 3.08. The Morgan fingerprint density at radius 3 is 3.13 bits per heavy atom. The third-order valence-electron chi connectivity index (χ3n) is 3.22. The molecular formula is C16H15N5O2. The summed E-state index contributed by atoms with van der Waals surface area (Å²) in [4.78, 5) is 20.2. The number of fused-ring (bicyclic) bond motifs is 1. The smallest absolute Gasteiger partial charge is 0.258 e. The van der Waals surface area contributed by atoms with Crippen LogP contribution in [0.2, 0.25) is 0 Å². The van der Waals surface area contributed by atoms with E-state index in [0.717, 1.165) is 0 Å². The number of nitrogens with zero attached hydrogens (tertiary/aromatic N) is 5. The minimum Gasteiger partial charge on any atom is -0.475 e. The molecule has 0 aliphatic heterocycles. The number of aromatic nitrogens is 5.